The minimum atomic E-state index is -3.79. The lowest BCUT2D eigenvalue weighted by Crippen LogP contribution is -2.27. The van der Waals surface area contributed by atoms with Gasteiger partial charge in [-0.05, 0) is 31.5 Å². The molecule has 1 aromatic rings. The molecular weight excluding hydrogens is 300 g/mol. The van der Waals surface area contributed by atoms with Crippen LogP contribution >= 0.6 is 0 Å². The first kappa shape index (κ1) is 16.9. The Morgan fingerprint density at radius 3 is 2.35 bits per heavy atom. The molecule has 114 valence electrons. The van der Waals surface area contributed by atoms with Gasteiger partial charge in [-0.2, -0.15) is 0 Å². The van der Waals surface area contributed by atoms with Crippen LogP contribution in [0.1, 0.15) is 19.4 Å². The highest BCUT2D eigenvalue weighted by atomic mass is 32.2. The van der Waals surface area contributed by atoms with Gasteiger partial charge in [0.15, 0.2) is 9.84 Å². The molecule has 0 heterocycles. The van der Waals surface area contributed by atoms with Crippen LogP contribution in [0.5, 0.6) is 0 Å². The van der Waals surface area contributed by atoms with E-state index in [-0.39, 0.29) is 22.4 Å². The van der Waals surface area contributed by atoms with Crippen LogP contribution < -0.4 is 10.5 Å². The van der Waals surface area contributed by atoms with Crippen LogP contribution in [-0.2, 0) is 19.9 Å². The van der Waals surface area contributed by atoms with Crippen molar-refractivity contribution in [3.05, 3.63) is 23.8 Å². The third-order valence-electron chi connectivity index (χ3n) is 2.85. The van der Waals surface area contributed by atoms with E-state index in [1.165, 1.54) is 6.07 Å². The Bertz CT molecular complexity index is 681. The van der Waals surface area contributed by atoms with E-state index in [9.17, 15) is 16.8 Å². The highest BCUT2D eigenvalue weighted by Crippen LogP contribution is 2.19. The van der Waals surface area contributed by atoms with Gasteiger partial charge < -0.3 is 5.32 Å². The fourth-order valence-corrected chi connectivity index (χ4v) is 3.71. The van der Waals surface area contributed by atoms with E-state index in [2.05, 4.69) is 5.32 Å². The van der Waals surface area contributed by atoms with E-state index >= 15 is 0 Å². The van der Waals surface area contributed by atoms with Crippen LogP contribution in [0.2, 0.25) is 0 Å². The maximum atomic E-state index is 11.5. The average molecular weight is 320 g/mol. The topological polar surface area (TPSA) is 106 Å². The minimum absolute atomic E-state index is 0.0118. The van der Waals surface area contributed by atoms with Gasteiger partial charge in [0.2, 0.25) is 10.0 Å². The molecule has 1 rings (SSSR count). The van der Waals surface area contributed by atoms with Crippen LogP contribution in [0.3, 0.4) is 0 Å². The fraction of sp³-hybridized carbons (Fsp3) is 0.500. The summed E-state index contributed by atoms with van der Waals surface area (Å²) in [6, 6.07) is 4.41. The smallest absolute Gasteiger partial charge is 0.238 e. The first-order valence-corrected chi connectivity index (χ1v) is 9.52. The van der Waals surface area contributed by atoms with Crippen molar-refractivity contribution < 1.29 is 16.8 Å². The van der Waals surface area contributed by atoms with E-state index in [0.29, 0.717) is 11.3 Å². The Labute approximate surface area is 120 Å². The van der Waals surface area contributed by atoms with Crippen LogP contribution in [0.4, 0.5) is 5.69 Å². The third kappa shape index (κ3) is 4.77. The number of nitrogens with two attached hydrogens (primary N) is 1. The molecule has 0 fully saturated rings. The van der Waals surface area contributed by atoms with Gasteiger partial charge in [0.1, 0.15) is 0 Å². The molecule has 0 amide bonds. The van der Waals surface area contributed by atoms with Crippen molar-refractivity contribution in [2.24, 2.45) is 5.14 Å². The molecule has 1 unspecified atom stereocenters. The van der Waals surface area contributed by atoms with E-state index < -0.39 is 19.9 Å². The third-order valence-corrected chi connectivity index (χ3v) is 5.79. The first-order valence-electron chi connectivity index (χ1n) is 6.15. The van der Waals surface area contributed by atoms with Gasteiger partial charge in [0.05, 0.1) is 10.6 Å². The van der Waals surface area contributed by atoms with Crippen LogP contribution in [-0.4, -0.2) is 34.4 Å². The maximum Gasteiger partial charge on any atom is 0.238 e. The lowest BCUT2D eigenvalue weighted by molar-refractivity contribution is 0.592. The summed E-state index contributed by atoms with van der Waals surface area (Å²) in [6.45, 7) is 4.96. The summed E-state index contributed by atoms with van der Waals surface area (Å²) in [5.74, 6) is 0.0669. The monoisotopic (exact) mass is 320 g/mol. The molecule has 0 bridgehead atoms. The van der Waals surface area contributed by atoms with Gasteiger partial charge in [-0.3, -0.25) is 0 Å². The molecule has 0 radical (unpaired) electrons. The quantitative estimate of drug-likeness (QED) is 0.809. The molecule has 8 heteroatoms. The Balaban J connectivity index is 2.95. The number of hydrogen-bond acceptors (Lipinski definition) is 5. The predicted octanol–water partition coefficient (Wildman–Crippen LogP) is 0.878. The zero-order valence-electron chi connectivity index (χ0n) is 11.8. The molecule has 3 N–H and O–H groups in total. The molecule has 1 aromatic carbocycles. The number of nitrogens with one attached hydrogen (secondary N) is 1. The second kappa shape index (κ2) is 6.11. The van der Waals surface area contributed by atoms with Crippen molar-refractivity contribution in [1.82, 2.24) is 0 Å². The Morgan fingerprint density at radius 1 is 1.25 bits per heavy atom. The number of sulfone groups is 1. The first-order chi connectivity index (χ1) is 9.05. The van der Waals surface area contributed by atoms with Crippen molar-refractivity contribution in [3.8, 4) is 0 Å². The molecule has 0 aliphatic carbocycles. The van der Waals surface area contributed by atoms with Gasteiger partial charge in [-0.25, -0.2) is 22.0 Å². The largest absolute Gasteiger partial charge is 0.382 e. The second-order valence-electron chi connectivity index (χ2n) is 4.77. The van der Waals surface area contributed by atoms with Crippen LogP contribution in [0.15, 0.2) is 23.1 Å². The second-order valence-corrected chi connectivity index (χ2v) is 8.70. The summed E-state index contributed by atoms with van der Waals surface area (Å²) >= 11 is 0. The van der Waals surface area contributed by atoms with E-state index in [1.807, 2.05) is 0 Å². The predicted molar refractivity (Wildman–Crippen MR) is 80.0 cm³/mol. The van der Waals surface area contributed by atoms with Gasteiger partial charge in [-0.15, -0.1) is 0 Å². The zero-order chi connectivity index (χ0) is 15.6. The van der Waals surface area contributed by atoms with E-state index in [0.717, 1.165) is 0 Å². The summed E-state index contributed by atoms with van der Waals surface area (Å²) in [5, 5.41) is 8.10. The average Bonchev–Trinajstić information content (AvgIpc) is 2.29. The summed E-state index contributed by atoms with van der Waals surface area (Å²) < 4.78 is 45.9. The SMILES string of the molecule is CCS(=O)(=O)CC(C)Nc1ccc(C)c(S(N)(=O)=O)c1. The van der Waals surface area contributed by atoms with Crippen molar-refractivity contribution >= 4 is 25.5 Å². The van der Waals surface area contributed by atoms with Crippen molar-refractivity contribution in [1.29, 1.82) is 0 Å². The summed E-state index contributed by atoms with van der Waals surface area (Å²) in [4.78, 5) is 0.0352. The van der Waals surface area contributed by atoms with E-state index in [4.69, 9.17) is 5.14 Å². The number of benzene rings is 1. The Kier molecular flexibility index (Phi) is 5.17. The van der Waals surface area contributed by atoms with Crippen LogP contribution in [0, 0.1) is 6.92 Å². The molecule has 0 saturated carbocycles. The molecule has 6 nitrogen and oxygen atoms in total. The molecule has 0 spiro atoms. The highest BCUT2D eigenvalue weighted by Gasteiger charge is 2.16. The maximum absolute atomic E-state index is 11.5. The lowest BCUT2D eigenvalue weighted by Gasteiger charge is -2.16. The minimum Gasteiger partial charge on any atom is -0.382 e. The molecular formula is C12H20N2O4S2. The summed E-state index contributed by atoms with van der Waals surface area (Å²) in [5.41, 5.74) is 1.07. The number of rotatable bonds is 6. The van der Waals surface area contributed by atoms with Crippen molar-refractivity contribution in [2.75, 3.05) is 16.8 Å². The van der Waals surface area contributed by atoms with Crippen molar-refractivity contribution in [3.63, 3.8) is 0 Å². The number of hydrogen-bond donors (Lipinski definition) is 2. The molecule has 1 atom stereocenters. The van der Waals surface area contributed by atoms with Gasteiger partial charge in [0.25, 0.3) is 0 Å². The summed E-state index contributed by atoms with van der Waals surface area (Å²) in [6.07, 6.45) is 0. The van der Waals surface area contributed by atoms with E-state index in [1.54, 1.807) is 32.9 Å². The van der Waals surface area contributed by atoms with Crippen LogP contribution in [0.25, 0.3) is 0 Å². The molecule has 20 heavy (non-hydrogen) atoms. The van der Waals surface area contributed by atoms with Crippen molar-refractivity contribution in [2.45, 2.75) is 31.7 Å². The zero-order valence-corrected chi connectivity index (χ0v) is 13.4. The lowest BCUT2D eigenvalue weighted by atomic mass is 10.2. The fourth-order valence-electron chi connectivity index (χ4n) is 1.82. The van der Waals surface area contributed by atoms with Gasteiger partial charge in [0, 0.05) is 17.5 Å². The number of anilines is 1. The normalized spacial score (nSPS) is 14.0. The molecule has 0 aliphatic rings. The highest BCUT2D eigenvalue weighted by molar-refractivity contribution is 7.91. The number of primary sulfonamides is 1. The Morgan fingerprint density at radius 2 is 1.85 bits per heavy atom. The molecule has 0 aliphatic heterocycles. The number of sulfonamides is 1. The van der Waals surface area contributed by atoms with Gasteiger partial charge in [-0.1, -0.05) is 13.0 Å². The van der Waals surface area contributed by atoms with Gasteiger partial charge >= 0.3 is 0 Å². The molecule has 0 saturated heterocycles. The number of aryl methyl sites for hydroxylation is 1. The Hall–Kier alpha value is -1.12. The standard InChI is InChI=1S/C12H20N2O4S2/c1-4-19(15,16)8-10(3)14-11-6-5-9(2)12(7-11)20(13,17)18/h5-7,10,14H,4,8H2,1-3H3,(H2,13,17,18). The summed E-state index contributed by atoms with van der Waals surface area (Å²) in [7, 11) is -6.88. The molecule has 0 aromatic heterocycles.